The van der Waals surface area contributed by atoms with E-state index in [-0.39, 0.29) is 11.0 Å². The Balaban J connectivity index is 0.000000202. The quantitative estimate of drug-likeness (QED) is 0.194. The molecule has 0 saturated heterocycles. The molecule has 0 aliphatic rings. The summed E-state index contributed by atoms with van der Waals surface area (Å²) in [5.41, 5.74) is 7.41. The summed E-state index contributed by atoms with van der Waals surface area (Å²) in [6.07, 6.45) is 5.90. The molecule has 0 amide bonds. The van der Waals surface area contributed by atoms with E-state index >= 15 is 0 Å². The molecule has 0 atom stereocenters. The van der Waals surface area contributed by atoms with Crippen molar-refractivity contribution < 1.29 is 0 Å². The van der Waals surface area contributed by atoms with Gasteiger partial charge in [-0.1, -0.05) is 156 Å². The molecule has 2 nitrogen and oxygen atoms in total. The van der Waals surface area contributed by atoms with E-state index < -0.39 is 0 Å². The van der Waals surface area contributed by atoms with Gasteiger partial charge in [0.15, 0.2) is 0 Å². The van der Waals surface area contributed by atoms with Gasteiger partial charge in [0.05, 0.1) is 19.3 Å². The zero-order valence-electron chi connectivity index (χ0n) is 23.6. The van der Waals surface area contributed by atoms with Gasteiger partial charge in [-0.2, -0.15) is 0 Å². The van der Waals surface area contributed by atoms with E-state index in [4.69, 9.17) is 7.85 Å². The molecule has 4 radical (unpaired) electrons. The van der Waals surface area contributed by atoms with Crippen LogP contribution in [-0.4, -0.2) is 26.9 Å². The Morgan fingerprint density at radius 3 is 1.56 bits per heavy atom. The fourth-order valence-corrected chi connectivity index (χ4v) is 6.75. The van der Waals surface area contributed by atoms with Crippen LogP contribution in [0.4, 0.5) is 0 Å². The SMILES string of the molecule is Cc1cccc(C([Si]c2ccccc2)(c2cccc(C)c2)n2ccnc2)c1.[B]C(c1ccccc1)c1ccccc1. The smallest absolute Gasteiger partial charge is 0.127 e. The fourth-order valence-electron chi connectivity index (χ4n) is 5.12. The van der Waals surface area contributed by atoms with Crippen LogP contribution in [-0.2, 0) is 5.16 Å². The normalized spacial score (nSPS) is 11.1. The second kappa shape index (κ2) is 13.3. The van der Waals surface area contributed by atoms with Crippen molar-refractivity contribution in [3.63, 3.8) is 0 Å². The fraction of sp³-hybridized carbons (Fsp3) is 0.108. The third-order valence-electron chi connectivity index (χ3n) is 7.18. The van der Waals surface area contributed by atoms with Crippen molar-refractivity contribution >= 4 is 22.6 Å². The van der Waals surface area contributed by atoms with E-state index in [2.05, 4.69) is 133 Å². The highest BCUT2D eigenvalue weighted by Gasteiger charge is 2.37. The number of aryl methyl sites for hydroxylation is 2. The molecule has 0 N–H and O–H groups in total. The van der Waals surface area contributed by atoms with Crippen molar-refractivity contribution in [2.45, 2.75) is 24.8 Å². The Labute approximate surface area is 248 Å². The van der Waals surface area contributed by atoms with Crippen molar-refractivity contribution in [3.05, 3.63) is 192 Å². The first-order valence-electron chi connectivity index (χ1n) is 13.9. The van der Waals surface area contributed by atoms with Gasteiger partial charge in [0, 0.05) is 12.4 Å². The van der Waals surface area contributed by atoms with E-state index in [0.29, 0.717) is 9.52 Å². The van der Waals surface area contributed by atoms with Gasteiger partial charge in [0.2, 0.25) is 0 Å². The molecule has 1 aromatic heterocycles. The van der Waals surface area contributed by atoms with Gasteiger partial charge in [0.25, 0.3) is 0 Å². The van der Waals surface area contributed by atoms with E-state index in [9.17, 15) is 0 Å². The van der Waals surface area contributed by atoms with Gasteiger partial charge in [-0.25, -0.2) is 4.98 Å². The molecule has 0 aliphatic heterocycles. The monoisotopic (exact) mass is 544 g/mol. The third-order valence-corrected chi connectivity index (χ3v) is 9.00. The first-order chi connectivity index (χ1) is 20.1. The van der Waals surface area contributed by atoms with E-state index in [1.54, 1.807) is 0 Å². The predicted molar refractivity (Wildman–Crippen MR) is 173 cm³/mol. The maximum absolute atomic E-state index is 6.12. The maximum atomic E-state index is 6.12. The number of nitrogens with zero attached hydrogens (tertiary/aromatic N) is 2. The lowest BCUT2D eigenvalue weighted by atomic mass is 9.76. The molecular weight excluding hydrogens is 511 g/mol. The van der Waals surface area contributed by atoms with Crippen LogP contribution in [0.2, 0.25) is 0 Å². The summed E-state index contributed by atoms with van der Waals surface area (Å²) in [5.74, 6) is -0.0163. The van der Waals surface area contributed by atoms with Crippen LogP contribution in [0.3, 0.4) is 0 Å². The average molecular weight is 545 g/mol. The number of hydrogen-bond donors (Lipinski definition) is 0. The van der Waals surface area contributed by atoms with E-state index in [1.165, 1.54) is 27.4 Å². The molecule has 0 unspecified atom stereocenters. The summed E-state index contributed by atoms with van der Waals surface area (Å²) in [4.78, 5) is 4.39. The molecule has 1 heterocycles. The van der Waals surface area contributed by atoms with Gasteiger partial charge in [-0.05, 0) is 41.9 Å². The minimum absolute atomic E-state index is 0.0163. The molecule has 0 bridgehead atoms. The Morgan fingerprint density at radius 1 is 0.634 bits per heavy atom. The van der Waals surface area contributed by atoms with Crippen molar-refractivity contribution in [1.29, 1.82) is 0 Å². The Morgan fingerprint density at radius 2 is 1.12 bits per heavy atom. The lowest BCUT2D eigenvalue weighted by molar-refractivity contribution is 0.596. The van der Waals surface area contributed by atoms with Crippen LogP contribution in [0.5, 0.6) is 0 Å². The number of rotatable bonds is 7. The molecule has 198 valence electrons. The summed E-state index contributed by atoms with van der Waals surface area (Å²) in [6, 6.07) is 48.7. The molecular formula is C37H33BN2Si. The zero-order chi connectivity index (χ0) is 28.5. The summed E-state index contributed by atoms with van der Waals surface area (Å²) < 4.78 is 2.27. The summed E-state index contributed by atoms with van der Waals surface area (Å²) in [7, 11) is 6.65. The first kappa shape index (κ1) is 28.1. The molecule has 0 fully saturated rings. The van der Waals surface area contributed by atoms with Gasteiger partial charge < -0.3 is 4.57 Å². The second-order valence-electron chi connectivity index (χ2n) is 10.2. The molecule has 0 saturated carbocycles. The van der Waals surface area contributed by atoms with E-state index in [0.717, 1.165) is 11.1 Å². The minimum atomic E-state index is -0.324. The molecule has 5 aromatic carbocycles. The van der Waals surface area contributed by atoms with Crippen LogP contribution in [0.1, 0.15) is 39.2 Å². The van der Waals surface area contributed by atoms with Crippen LogP contribution >= 0.6 is 0 Å². The largest absolute Gasteiger partial charge is 0.326 e. The standard InChI is InChI=1S/C24H22N2Si.C13H11B/c1-19-8-6-10-21(16-19)24(26-15-14-25-18-26,22-11-7-9-20(2)17-22)27-23-12-4-3-5-13-23;14-13(11-7-3-1-4-8-11)12-9-5-2-6-10-12/h3-18H,1-2H3;1-10,13H. The van der Waals surface area contributed by atoms with Gasteiger partial charge in [-0.15, -0.1) is 0 Å². The van der Waals surface area contributed by atoms with Crippen molar-refractivity contribution in [3.8, 4) is 0 Å². The second-order valence-corrected chi connectivity index (χ2v) is 11.8. The minimum Gasteiger partial charge on any atom is -0.326 e. The molecule has 0 aliphatic carbocycles. The first-order valence-corrected chi connectivity index (χ1v) is 14.9. The van der Waals surface area contributed by atoms with E-state index in [1.807, 2.05) is 48.9 Å². The Bertz CT molecular complexity index is 1550. The van der Waals surface area contributed by atoms with Gasteiger partial charge in [0.1, 0.15) is 9.52 Å². The molecule has 6 aromatic rings. The molecule has 0 spiro atoms. The van der Waals surface area contributed by atoms with Crippen molar-refractivity contribution in [2.75, 3.05) is 0 Å². The Kier molecular flexibility index (Phi) is 9.12. The summed E-state index contributed by atoms with van der Waals surface area (Å²) >= 11 is 0. The van der Waals surface area contributed by atoms with Gasteiger partial charge in [-0.3, -0.25) is 0 Å². The lowest BCUT2D eigenvalue weighted by Crippen LogP contribution is -2.46. The average Bonchev–Trinajstić information content (AvgIpc) is 3.57. The topological polar surface area (TPSA) is 17.8 Å². The molecule has 41 heavy (non-hydrogen) atoms. The van der Waals surface area contributed by atoms with Crippen LogP contribution in [0, 0.1) is 13.8 Å². The van der Waals surface area contributed by atoms with Crippen LogP contribution in [0.15, 0.2) is 158 Å². The zero-order valence-corrected chi connectivity index (χ0v) is 24.6. The number of imidazole rings is 1. The number of hydrogen-bond acceptors (Lipinski definition) is 1. The highest BCUT2D eigenvalue weighted by molar-refractivity contribution is 6.57. The number of benzene rings is 5. The lowest BCUT2D eigenvalue weighted by Gasteiger charge is -2.37. The number of aromatic nitrogens is 2. The highest BCUT2D eigenvalue weighted by atomic mass is 28.2. The summed E-state index contributed by atoms with van der Waals surface area (Å²) in [5, 5.41) is 1.00. The predicted octanol–water partition coefficient (Wildman–Crippen LogP) is 7.22. The summed E-state index contributed by atoms with van der Waals surface area (Å²) in [6.45, 7) is 4.31. The van der Waals surface area contributed by atoms with Gasteiger partial charge >= 0.3 is 0 Å². The Hall–Kier alpha value is -4.41. The third kappa shape index (κ3) is 6.67. The molecule has 4 heteroatoms. The van der Waals surface area contributed by atoms with Crippen LogP contribution < -0.4 is 5.19 Å². The maximum Gasteiger partial charge on any atom is 0.127 e. The van der Waals surface area contributed by atoms with Crippen molar-refractivity contribution in [2.24, 2.45) is 0 Å². The van der Waals surface area contributed by atoms with Crippen LogP contribution in [0.25, 0.3) is 0 Å². The molecule has 6 rings (SSSR count). The highest BCUT2D eigenvalue weighted by Crippen LogP contribution is 2.34. The van der Waals surface area contributed by atoms with Crippen molar-refractivity contribution in [1.82, 2.24) is 9.55 Å².